The lowest BCUT2D eigenvalue weighted by Gasteiger charge is -2.11. The Hall–Kier alpha value is -0.770. The summed E-state index contributed by atoms with van der Waals surface area (Å²) in [5.41, 5.74) is 0. The lowest BCUT2D eigenvalue weighted by molar-refractivity contribution is 0.0715. The third kappa shape index (κ3) is 2.88. The molecule has 0 aromatic carbocycles. The van der Waals surface area contributed by atoms with Crippen LogP contribution in [0.5, 0.6) is 0 Å². The molecule has 0 aromatic heterocycles. The second-order valence-corrected chi connectivity index (χ2v) is 3.26. The van der Waals surface area contributed by atoms with Gasteiger partial charge in [-0.05, 0) is 6.42 Å². The first kappa shape index (κ1) is 10.3. The molecule has 0 bridgehead atoms. The molecule has 1 aliphatic heterocycles. The largest absolute Gasteiger partial charge is 0.442 e. The van der Waals surface area contributed by atoms with E-state index in [1.54, 1.807) is 12.0 Å². The van der Waals surface area contributed by atoms with Crippen molar-refractivity contribution in [3.8, 4) is 0 Å². The second kappa shape index (κ2) is 5.07. The summed E-state index contributed by atoms with van der Waals surface area (Å²) < 4.78 is 10.00. The highest BCUT2D eigenvalue weighted by atomic mass is 16.6. The summed E-state index contributed by atoms with van der Waals surface area (Å²) in [5.74, 6) is 0. The Bertz CT molecular complexity index is 172. The van der Waals surface area contributed by atoms with Gasteiger partial charge in [-0.15, -0.1) is 0 Å². The van der Waals surface area contributed by atoms with E-state index in [1.165, 1.54) is 0 Å². The molecule has 0 saturated carbocycles. The maximum Gasteiger partial charge on any atom is 0.410 e. The molecule has 0 N–H and O–H groups in total. The van der Waals surface area contributed by atoms with Crippen molar-refractivity contribution in [2.45, 2.75) is 25.9 Å². The van der Waals surface area contributed by atoms with E-state index in [2.05, 4.69) is 6.92 Å². The van der Waals surface area contributed by atoms with E-state index >= 15 is 0 Å². The van der Waals surface area contributed by atoms with Crippen molar-refractivity contribution >= 4 is 6.09 Å². The van der Waals surface area contributed by atoms with Crippen molar-refractivity contribution in [1.29, 1.82) is 0 Å². The van der Waals surface area contributed by atoms with Crippen LogP contribution in [0, 0.1) is 0 Å². The number of hydrogen-bond donors (Lipinski definition) is 0. The molecule has 1 rings (SSSR count). The van der Waals surface area contributed by atoms with Gasteiger partial charge in [-0.25, -0.2) is 4.79 Å². The fourth-order valence-corrected chi connectivity index (χ4v) is 1.38. The molecular weight excluding hydrogens is 170 g/mol. The van der Waals surface area contributed by atoms with Gasteiger partial charge < -0.3 is 14.4 Å². The van der Waals surface area contributed by atoms with Gasteiger partial charge in [0, 0.05) is 13.7 Å². The fourth-order valence-electron chi connectivity index (χ4n) is 1.38. The Morgan fingerprint density at radius 3 is 3.08 bits per heavy atom. The summed E-state index contributed by atoms with van der Waals surface area (Å²) in [6.45, 7) is 4.07. The Morgan fingerprint density at radius 2 is 2.46 bits per heavy atom. The predicted molar refractivity (Wildman–Crippen MR) is 48.6 cm³/mol. The van der Waals surface area contributed by atoms with E-state index in [-0.39, 0.29) is 12.2 Å². The van der Waals surface area contributed by atoms with E-state index < -0.39 is 0 Å². The molecule has 0 radical (unpaired) electrons. The SMILES string of the molecule is CCCCN1C[C@H](COC)OC1=O. The van der Waals surface area contributed by atoms with Crippen molar-refractivity contribution in [2.75, 3.05) is 26.8 Å². The van der Waals surface area contributed by atoms with Gasteiger partial charge in [-0.3, -0.25) is 0 Å². The maximum atomic E-state index is 11.2. The standard InChI is InChI=1S/C9H17NO3/c1-3-4-5-10-6-8(7-12-2)13-9(10)11/h8H,3-7H2,1-2H3/t8-/m1/s1. The summed E-state index contributed by atoms with van der Waals surface area (Å²) in [5, 5.41) is 0. The number of amides is 1. The molecule has 1 atom stereocenters. The van der Waals surface area contributed by atoms with Crippen molar-refractivity contribution in [1.82, 2.24) is 4.90 Å². The summed E-state index contributed by atoms with van der Waals surface area (Å²) in [6.07, 6.45) is 1.86. The third-order valence-corrected chi connectivity index (χ3v) is 2.08. The minimum Gasteiger partial charge on any atom is -0.442 e. The van der Waals surface area contributed by atoms with Gasteiger partial charge >= 0.3 is 6.09 Å². The van der Waals surface area contributed by atoms with Crippen molar-refractivity contribution < 1.29 is 14.3 Å². The van der Waals surface area contributed by atoms with Gasteiger partial charge in [0.1, 0.15) is 6.10 Å². The van der Waals surface area contributed by atoms with Crippen LogP contribution in [-0.2, 0) is 9.47 Å². The van der Waals surface area contributed by atoms with Crippen molar-refractivity contribution in [2.24, 2.45) is 0 Å². The highest BCUT2D eigenvalue weighted by molar-refractivity contribution is 5.69. The topological polar surface area (TPSA) is 38.8 Å². The average Bonchev–Trinajstić information content (AvgIpc) is 2.44. The molecule has 0 aliphatic carbocycles. The molecule has 0 unspecified atom stereocenters. The molecule has 13 heavy (non-hydrogen) atoms. The van der Waals surface area contributed by atoms with Gasteiger partial charge in [0.2, 0.25) is 0 Å². The van der Waals surface area contributed by atoms with Crippen LogP contribution in [0.3, 0.4) is 0 Å². The highest BCUT2D eigenvalue weighted by Crippen LogP contribution is 2.11. The fraction of sp³-hybridized carbons (Fsp3) is 0.889. The number of ether oxygens (including phenoxy) is 2. The minimum atomic E-state index is -0.199. The first-order chi connectivity index (χ1) is 6.27. The number of hydrogen-bond acceptors (Lipinski definition) is 3. The summed E-state index contributed by atoms with van der Waals surface area (Å²) in [6, 6.07) is 0. The van der Waals surface area contributed by atoms with E-state index in [0.717, 1.165) is 19.4 Å². The number of unbranched alkanes of at least 4 members (excludes halogenated alkanes) is 1. The molecule has 1 fully saturated rings. The lowest BCUT2D eigenvalue weighted by atomic mass is 10.3. The van der Waals surface area contributed by atoms with E-state index in [0.29, 0.717) is 13.2 Å². The smallest absolute Gasteiger partial charge is 0.410 e. The Labute approximate surface area is 78.8 Å². The summed E-state index contributed by atoms with van der Waals surface area (Å²) in [7, 11) is 1.61. The number of rotatable bonds is 5. The summed E-state index contributed by atoms with van der Waals surface area (Å²) >= 11 is 0. The quantitative estimate of drug-likeness (QED) is 0.650. The van der Waals surface area contributed by atoms with Crippen LogP contribution in [-0.4, -0.2) is 43.9 Å². The number of nitrogens with zero attached hydrogens (tertiary/aromatic N) is 1. The van der Waals surface area contributed by atoms with Gasteiger partial charge in [-0.1, -0.05) is 13.3 Å². The van der Waals surface area contributed by atoms with E-state index in [1.807, 2.05) is 0 Å². The van der Waals surface area contributed by atoms with Gasteiger partial charge in [0.15, 0.2) is 0 Å². The predicted octanol–water partition coefficient (Wildman–Crippen LogP) is 1.25. The van der Waals surface area contributed by atoms with Crippen LogP contribution < -0.4 is 0 Å². The number of methoxy groups -OCH3 is 1. The van der Waals surface area contributed by atoms with Crippen molar-refractivity contribution in [3.05, 3.63) is 0 Å². The average molecular weight is 187 g/mol. The van der Waals surface area contributed by atoms with Crippen LogP contribution in [0.2, 0.25) is 0 Å². The van der Waals surface area contributed by atoms with E-state index in [4.69, 9.17) is 9.47 Å². The van der Waals surface area contributed by atoms with Crippen LogP contribution >= 0.6 is 0 Å². The zero-order chi connectivity index (χ0) is 9.68. The van der Waals surface area contributed by atoms with Crippen LogP contribution in [0.25, 0.3) is 0 Å². The molecule has 1 heterocycles. The molecule has 76 valence electrons. The molecule has 4 nitrogen and oxygen atoms in total. The van der Waals surface area contributed by atoms with Crippen LogP contribution in [0.4, 0.5) is 4.79 Å². The normalized spacial score (nSPS) is 22.2. The summed E-state index contributed by atoms with van der Waals surface area (Å²) in [4.78, 5) is 13.0. The third-order valence-electron chi connectivity index (χ3n) is 2.08. The number of cyclic esters (lactones) is 1. The Morgan fingerprint density at radius 1 is 1.69 bits per heavy atom. The zero-order valence-electron chi connectivity index (χ0n) is 8.28. The van der Waals surface area contributed by atoms with Gasteiger partial charge in [0.25, 0.3) is 0 Å². The number of carbonyl (C=O) groups excluding carboxylic acids is 1. The molecule has 0 aromatic rings. The molecule has 1 saturated heterocycles. The maximum absolute atomic E-state index is 11.2. The molecule has 1 aliphatic rings. The highest BCUT2D eigenvalue weighted by Gasteiger charge is 2.30. The van der Waals surface area contributed by atoms with Crippen LogP contribution in [0.15, 0.2) is 0 Å². The minimum absolute atomic E-state index is 0.0747. The first-order valence-electron chi connectivity index (χ1n) is 4.72. The molecule has 4 heteroatoms. The van der Waals surface area contributed by atoms with Crippen LogP contribution in [0.1, 0.15) is 19.8 Å². The Kier molecular flexibility index (Phi) is 4.02. The Balaban J connectivity index is 2.28. The van der Waals surface area contributed by atoms with E-state index in [9.17, 15) is 4.79 Å². The second-order valence-electron chi connectivity index (χ2n) is 3.26. The zero-order valence-corrected chi connectivity index (χ0v) is 8.28. The molecule has 0 spiro atoms. The lowest BCUT2D eigenvalue weighted by Crippen LogP contribution is -2.27. The van der Waals surface area contributed by atoms with Gasteiger partial charge in [-0.2, -0.15) is 0 Å². The van der Waals surface area contributed by atoms with Crippen molar-refractivity contribution in [3.63, 3.8) is 0 Å². The first-order valence-corrected chi connectivity index (χ1v) is 4.72. The number of carbonyl (C=O) groups is 1. The molecular formula is C9H17NO3. The van der Waals surface area contributed by atoms with Gasteiger partial charge in [0.05, 0.1) is 13.2 Å². The monoisotopic (exact) mass is 187 g/mol. The molecule has 1 amide bonds.